The van der Waals surface area contributed by atoms with E-state index < -0.39 is 15.2 Å². The maximum absolute atomic E-state index is 12.3. The predicted octanol–water partition coefficient (Wildman–Crippen LogP) is 36.8. The van der Waals surface area contributed by atoms with Gasteiger partial charge in [-0.3, -0.25) is 9.59 Å². The minimum absolute atomic E-state index is 0.0100. The molecule has 2 atom stereocenters. The van der Waals surface area contributed by atoms with Crippen molar-refractivity contribution >= 4 is 49.9 Å². The van der Waals surface area contributed by atoms with Crippen molar-refractivity contribution in [3.63, 3.8) is 0 Å². The van der Waals surface area contributed by atoms with Crippen molar-refractivity contribution in [3.05, 3.63) is 59.7 Å². The van der Waals surface area contributed by atoms with Crippen LogP contribution in [0, 0.1) is 0 Å². The van der Waals surface area contributed by atoms with Crippen LogP contribution in [0.1, 0.15) is 528 Å². The Bertz CT molecular complexity index is 2100. The van der Waals surface area contributed by atoms with Crippen molar-refractivity contribution in [2.75, 3.05) is 37.9 Å². The molecular formula is C101H186O8P2S2. The van der Waals surface area contributed by atoms with Crippen LogP contribution in [0.5, 0.6) is 11.5 Å². The van der Waals surface area contributed by atoms with Crippen molar-refractivity contribution in [2.45, 2.75) is 522 Å². The van der Waals surface area contributed by atoms with E-state index in [1.54, 1.807) is 0 Å². The molecule has 0 heterocycles. The normalized spacial score (nSPS) is 12.3. The molecule has 8 nitrogen and oxygen atoms in total. The predicted molar refractivity (Wildman–Crippen MR) is 503 cm³/mol. The van der Waals surface area contributed by atoms with E-state index in [9.17, 15) is 9.59 Å². The molecular weight excluding hydrogens is 1470 g/mol. The zero-order chi connectivity index (χ0) is 81.0. The first-order chi connectivity index (χ1) is 55.7. The minimum atomic E-state index is -1.09. The van der Waals surface area contributed by atoms with Crippen molar-refractivity contribution in [2.24, 2.45) is 0 Å². The average Bonchev–Trinajstić information content (AvgIpc) is 0.802. The lowest BCUT2D eigenvalue weighted by Crippen LogP contribution is -2.18. The Balaban J connectivity index is 1.78. The molecule has 2 unspecified atom stereocenters. The quantitative estimate of drug-likeness (QED) is 0.0362. The Morgan fingerprint density at radius 2 is 0.434 bits per heavy atom. The summed E-state index contributed by atoms with van der Waals surface area (Å²) < 4.78 is 37.8. The summed E-state index contributed by atoms with van der Waals surface area (Å²) in [6, 6.07) is 17.7. The fourth-order valence-electron chi connectivity index (χ4n) is 15.5. The molecule has 0 spiro atoms. The molecule has 0 aliphatic heterocycles. The van der Waals surface area contributed by atoms with Crippen molar-refractivity contribution in [3.8, 4) is 11.5 Å². The second kappa shape index (κ2) is 85.4. The van der Waals surface area contributed by atoms with E-state index in [0.717, 1.165) is 87.6 Å². The van der Waals surface area contributed by atoms with Crippen LogP contribution in [0.25, 0.3) is 0 Å². The van der Waals surface area contributed by atoms with Gasteiger partial charge in [0, 0.05) is 29.8 Å². The number of hydrogen-bond donors (Lipinski definition) is 0. The SMILES string of the molecule is CCCCCCCCCCCCCCOC(=O)CCCCCCCCCCCCCCSP(OCCCCCCCCCCCCCC)Oc1ccc(C(C)(C)c2ccc(OP(OCCCCCCCCCCCCCC)SCCCCCCCCCCCCCCC(=O)OCCCCCCCCCCCCCC)cc2)cc1. The fourth-order valence-corrected chi connectivity index (χ4v) is 21.4. The summed E-state index contributed by atoms with van der Waals surface area (Å²) in [7, 11) is -2.18. The molecule has 0 aromatic heterocycles. The molecule has 0 amide bonds. The van der Waals surface area contributed by atoms with Gasteiger partial charge in [0.2, 0.25) is 0 Å². The molecule has 0 radical (unpaired) electrons. The van der Waals surface area contributed by atoms with E-state index in [0.29, 0.717) is 26.1 Å². The second-order valence-electron chi connectivity index (χ2n) is 34.6. The minimum Gasteiger partial charge on any atom is -0.466 e. The molecule has 2 aromatic carbocycles. The van der Waals surface area contributed by atoms with E-state index >= 15 is 0 Å². The van der Waals surface area contributed by atoms with E-state index in [4.69, 9.17) is 27.6 Å². The number of carbonyl (C=O) groups excluding carboxylic acids is 2. The highest BCUT2D eigenvalue weighted by atomic mass is 32.7. The number of rotatable bonds is 92. The molecule has 0 aliphatic carbocycles. The van der Waals surface area contributed by atoms with Crippen molar-refractivity contribution in [1.82, 2.24) is 0 Å². The van der Waals surface area contributed by atoms with Crippen molar-refractivity contribution in [1.29, 1.82) is 0 Å². The third kappa shape index (κ3) is 71.9. The number of unbranched alkanes of at least 4 members (excludes halogenated alkanes) is 66. The van der Waals surface area contributed by atoms with Crippen LogP contribution in [0.15, 0.2) is 48.5 Å². The Morgan fingerprint density at radius 3 is 0.655 bits per heavy atom. The molecule has 0 saturated carbocycles. The van der Waals surface area contributed by atoms with Gasteiger partial charge < -0.3 is 27.6 Å². The first kappa shape index (κ1) is 108. The largest absolute Gasteiger partial charge is 0.466 e. The summed E-state index contributed by atoms with van der Waals surface area (Å²) in [6.07, 6.45) is 95.4. The Labute approximate surface area is 713 Å². The molecule has 2 rings (SSSR count). The first-order valence-corrected chi connectivity index (χ1v) is 55.3. The van der Waals surface area contributed by atoms with Crippen molar-refractivity contribution < 1.29 is 37.2 Å². The number of carbonyl (C=O) groups is 2. The van der Waals surface area contributed by atoms with Gasteiger partial charge in [-0.15, -0.1) is 0 Å². The van der Waals surface area contributed by atoms with Crippen LogP contribution in [0.4, 0.5) is 0 Å². The van der Waals surface area contributed by atoms with E-state index in [1.165, 1.54) is 422 Å². The van der Waals surface area contributed by atoms with Gasteiger partial charge in [0.15, 0.2) is 0 Å². The Kier molecular flexibility index (Phi) is 81.3. The van der Waals surface area contributed by atoms with E-state index in [2.05, 4.69) is 90.1 Å². The number of esters is 2. The van der Waals surface area contributed by atoms with Gasteiger partial charge in [0.05, 0.1) is 26.4 Å². The summed E-state index contributed by atoms with van der Waals surface area (Å²) in [4.78, 5) is 24.5. The van der Waals surface area contributed by atoms with Crippen LogP contribution in [0.3, 0.4) is 0 Å². The molecule has 0 fully saturated rings. The van der Waals surface area contributed by atoms with E-state index in [-0.39, 0.29) is 17.4 Å². The number of ether oxygens (including phenoxy) is 2. The van der Waals surface area contributed by atoms with Gasteiger partial charge >= 0.3 is 11.9 Å². The highest BCUT2D eigenvalue weighted by molar-refractivity contribution is 8.53. The molecule has 12 heteroatoms. The summed E-state index contributed by atoms with van der Waals surface area (Å²) >= 11 is 3.80. The standard InChI is InChI=1S/C101H186O8P2S2/c1-7-11-15-19-23-27-31-41-49-57-65-73-89-104-99(102)79-71-63-55-47-39-35-37-45-53-61-69-77-93-112-110(106-91-75-67-59-51-43-33-29-25-21-17-13-9-3)108-97-85-81-95(82-86-97)101(5,6)96-83-87-98(88-84-96)109-111(107-92-76-68-60-52-44-34-30-26-22-18-14-10-4)113-94-78-70-62-54-46-38-36-40-48-56-64-72-80-100(103)105-90-74-66-58-50-42-32-28-24-20-16-12-8-2/h81-88H,7-80,89-94H2,1-6H3. The van der Waals surface area contributed by atoms with Gasteiger partial charge in [-0.05, 0) is 86.8 Å². The van der Waals surface area contributed by atoms with Gasteiger partial charge in [-0.2, -0.15) is 0 Å². The van der Waals surface area contributed by atoms with Gasteiger partial charge in [0.1, 0.15) is 11.5 Å². The summed E-state index contributed by atoms with van der Waals surface area (Å²) in [5.41, 5.74) is 2.32. The zero-order valence-corrected chi connectivity index (χ0v) is 79.1. The molecule has 0 N–H and O–H groups in total. The smallest absolute Gasteiger partial charge is 0.305 e. The van der Waals surface area contributed by atoms with Crippen LogP contribution in [-0.4, -0.2) is 49.9 Å². The molecule has 660 valence electrons. The third-order valence-electron chi connectivity index (χ3n) is 23.4. The molecule has 113 heavy (non-hydrogen) atoms. The third-order valence-corrected chi connectivity index (χ3v) is 29.7. The van der Waals surface area contributed by atoms with Gasteiger partial charge in [-0.1, -0.05) is 500 Å². The van der Waals surface area contributed by atoms with E-state index in [1.807, 2.05) is 22.8 Å². The Morgan fingerprint density at radius 1 is 0.248 bits per heavy atom. The van der Waals surface area contributed by atoms with Crippen LogP contribution in [0.2, 0.25) is 0 Å². The maximum atomic E-state index is 12.3. The second-order valence-corrected chi connectivity index (χ2v) is 41.1. The molecule has 0 aliphatic rings. The van der Waals surface area contributed by atoms with Crippen LogP contribution in [-0.2, 0) is 33.5 Å². The summed E-state index contributed by atoms with van der Waals surface area (Å²) in [6.45, 7) is 16.6. The highest BCUT2D eigenvalue weighted by Crippen LogP contribution is 2.54. The summed E-state index contributed by atoms with van der Waals surface area (Å²) in [5, 5.41) is 0. The van der Waals surface area contributed by atoms with Gasteiger partial charge in [-0.25, -0.2) is 0 Å². The lowest BCUT2D eigenvalue weighted by Gasteiger charge is -2.27. The lowest BCUT2D eigenvalue weighted by atomic mass is 9.78. The highest BCUT2D eigenvalue weighted by Gasteiger charge is 2.25. The Hall–Kier alpha value is -1.54. The monoisotopic (exact) mass is 1650 g/mol. The maximum Gasteiger partial charge on any atom is 0.305 e. The fraction of sp³-hybridized carbons (Fsp3) is 0.861. The molecule has 0 saturated heterocycles. The average molecular weight is 1650 g/mol. The topological polar surface area (TPSA) is 89.5 Å². The number of benzene rings is 2. The lowest BCUT2D eigenvalue weighted by molar-refractivity contribution is -0.144. The molecule has 0 bridgehead atoms. The van der Waals surface area contributed by atoms with Gasteiger partial charge in [0.25, 0.3) is 15.2 Å². The zero-order valence-electron chi connectivity index (χ0n) is 75.7. The summed E-state index contributed by atoms with van der Waals surface area (Å²) in [5.74, 6) is 3.97. The first-order valence-electron chi connectivity index (χ1n) is 49.7. The number of hydrogen-bond acceptors (Lipinski definition) is 10. The van der Waals surface area contributed by atoms with Crippen LogP contribution < -0.4 is 9.05 Å². The van der Waals surface area contributed by atoms with Crippen LogP contribution >= 0.6 is 37.9 Å². The molecule has 2 aromatic rings.